The third kappa shape index (κ3) is 4.18. The lowest BCUT2D eigenvalue weighted by Crippen LogP contribution is -2.35. The predicted molar refractivity (Wildman–Crippen MR) is 30.5 cm³/mol. The molecule has 0 radical (unpaired) electrons. The molecule has 0 aromatic carbocycles. The summed E-state index contributed by atoms with van der Waals surface area (Å²) in [5.74, 6) is -3.11. The van der Waals surface area contributed by atoms with Crippen molar-refractivity contribution in [3.63, 3.8) is 0 Å². The summed E-state index contributed by atoms with van der Waals surface area (Å²) in [6.07, 6.45) is 0. The Kier molecular flexibility index (Phi) is 3.84. The largest absolute Gasteiger partial charge is 0.390 e. The van der Waals surface area contributed by atoms with E-state index in [4.69, 9.17) is 10.4 Å². The maximum Gasteiger partial charge on any atom is 0.282 e. The molecule has 3 nitrogen and oxygen atoms in total. The molecule has 2 N–H and O–H groups in total. The van der Waals surface area contributed by atoms with E-state index >= 15 is 0 Å². The highest BCUT2D eigenvalue weighted by molar-refractivity contribution is 4.76. The Bertz CT molecular complexity index is 132. The molecule has 0 spiro atoms. The van der Waals surface area contributed by atoms with Gasteiger partial charge in [0.05, 0.1) is 19.2 Å². The van der Waals surface area contributed by atoms with Gasteiger partial charge in [-0.05, 0) is 0 Å². The molecule has 0 heterocycles. The molecule has 0 rings (SSSR count). The van der Waals surface area contributed by atoms with Crippen molar-refractivity contribution in [3.8, 4) is 6.07 Å². The van der Waals surface area contributed by atoms with Gasteiger partial charge in [-0.15, -0.1) is 0 Å². The van der Waals surface area contributed by atoms with Crippen LogP contribution in [0.3, 0.4) is 0 Å². The van der Waals surface area contributed by atoms with Gasteiger partial charge in [0.1, 0.15) is 6.61 Å². The van der Waals surface area contributed by atoms with E-state index in [9.17, 15) is 8.78 Å². The highest BCUT2D eigenvalue weighted by atomic mass is 19.3. The molecule has 0 saturated heterocycles. The van der Waals surface area contributed by atoms with Crippen LogP contribution < -0.4 is 5.32 Å². The number of nitriles is 1. The van der Waals surface area contributed by atoms with E-state index in [2.05, 4.69) is 5.32 Å². The topological polar surface area (TPSA) is 56.0 Å². The number of hydrogen-bond donors (Lipinski definition) is 2. The lowest BCUT2D eigenvalue weighted by molar-refractivity contribution is -0.0468. The number of aliphatic hydroxyl groups excluding tert-OH is 1. The van der Waals surface area contributed by atoms with Gasteiger partial charge in [0, 0.05) is 0 Å². The summed E-state index contributed by atoms with van der Waals surface area (Å²) in [5, 5.41) is 18.1. The van der Waals surface area contributed by atoms with Gasteiger partial charge in [-0.2, -0.15) is 5.26 Å². The molecule has 0 atom stereocenters. The molecule has 0 saturated carbocycles. The first kappa shape index (κ1) is 9.27. The van der Waals surface area contributed by atoms with Crippen LogP contribution in [-0.4, -0.2) is 30.7 Å². The summed E-state index contributed by atoms with van der Waals surface area (Å²) < 4.78 is 24.1. The fourth-order valence-electron chi connectivity index (χ4n) is 0.357. The van der Waals surface area contributed by atoms with Gasteiger partial charge < -0.3 is 5.11 Å². The van der Waals surface area contributed by atoms with Crippen LogP contribution in [0, 0.1) is 11.3 Å². The SMILES string of the molecule is N#CCNCC(F)(F)CO. The molecule has 10 heavy (non-hydrogen) atoms. The van der Waals surface area contributed by atoms with Crippen LogP contribution in [-0.2, 0) is 0 Å². The Balaban J connectivity index is 3.39. The highest BCUT2D eigenvalue weighted by Crippen LogP contribution is 2.08. The van der Waals surface area contributed by atoms with E-state index in [-0.39, 0.29) is 6.54 Å². The second kappa shape index (κ2) is 4.14. The Labute approximate surface area is 57.3 Å². The van der Waals surface area contributed by atoms with Crippen LogP contribution in [0.2, 0.25) is 0 Å². The highest BCUT2D eigenvalue weighted by Gasteiger charge is 2.26. The monoisotopic (exact) mass is 150 g/mol. The molecule has 0 bridgehead atoms. The molecular weight excluding hydrogens is 142 g/mol. The van der Waals surface area contributed by atoms with E-state index < -0.39 is 19.1 Å². The third-order valence-corrected chi connectivity index (χ3v) is 0.819. The van der Waals surface area contributed by atoms with E-state index in [1.54, 1.807) is 6.07 Å². The summed E-state index contributed by atoms with van der Waals surface area (Å²) in [4.78, 5) is 0. The number of alkyl halides is 2. The maximum absolute atomic E-state index is 12.1. The van der Waals surface area contributed by atoms with Crippen molar-refractivity contribution in [1.29, 1.82) is 5.26 Å². The number of hydrogen-bond acceptors (Lipinski definition) is 3. The first-order valence-corrected chi connectivity index (χ1v) is 2.69. The first-order valence-electron chi connectivity index (χ1n) is 2.69. The maximum atomic E-state index is 12.1. The number of rotatable bonds is 4. The molecule has 0 unspecified atom stereocenters. The fraction of sp³-hybridized carbons (Fsp3) is 0.800. The number of nitrogens with zero attached hydrogens (tertiary/aromatic N) is 1. The number of aliphatic hydroxyl groups is 1. The third-order valence-electron chi connectivity index (χ3n) is 0.819. The average molecular weight is 150 g/mol. The van der Waals surface area contributed by atoms with Crippen molar-refractivity contribution in [1.82, 2.24) is 5.32 Å². The van der Waals surface area contributed by atoms with Crippen LogP contribution in [0.1, 0.15) is 0 Å². The molecule has 0 aromatic rings. The fourth-order valence-corrected chi connectivity index (χ4v) is 0.357. The summed E-state index contributed by atoms with van der Waals surface area (Å²) in [6, 6.07) is 1.64. The number of halogens is 2. The van der Waals surface area contributed by atoms with E-state index in [1.807, 2.05) is 0 Å². The Hall–Kier alpha value is -0.730. The van der Waals surface area contributed by atoms with Gasteiger partial charge in [-0.25, -0.2) is 8.78 Å². The second-order valence-corrected chi connectivity index (χ2v) is 1.78. The zero-order valence-electron chi connectivity index (χ0n) is 5.27. The minimum atomic E-state index is -3.11. The van der Waals surface area contributed by atoms with Crippen molar-refractivity contribution in [2.45, 2.75) is 5.92 Å². The molecule has 0 aliphatic rings. The minimum absolute atomic E-state index is 0.129. The summed E-state index contributed by atoms with van der Waals surface area (Å²) in [7, 11) is 0. The molecule has 0 amide bonds. The van der Waals surface area contributed by atoms with E-state index in [0.717, 1.165) is 0 Å². The zero-order chi connectivity index (χ0) is 8.04. The van der Waals surface area contributed by atoms with Gasteiger partial charge in [-0.1, -0.05) is 0 Å². The standard InChI is InChI=1S/C5H8F2N2O/c6-5(7,4-10)3-9-2-1-8/h9-10H,2-4H2. The zero-order valence-corrected chi connectivity index (χ0v) is 5.27. The minimum Gasteiger partial charge on any atom is -0.390 e. The van der Waals surface area contributed by atoms with Gasteiger partial charge in [0.15, 0.2) is 0 Å². The van der Waals surface area contributed by atoms with Crippen molar-refractivity contribution in [2.24, 2.45) is 0 Å². The van der Waals surface area contributed by atoms with Gasteiger partial charge in [-0.3, -0.25) is 5.32 Å². The van der Waals surface area contributed by atoms with Crippen LogP contribution in [0.4, 0.5) is 8.78 Å². The van der Waals surface area contributed by atoms with Crippen molar-refractivity contribution in [2.75, 3.05) is 19.7 Å². The number of nitrogens with one attached hydrogen (secondary N) is 1. The van der Waals surface area contributed by atoms with Crippen molar-refractivity contribution < 1.29 is 13.9 Å². The van der Waals surface area contributed by atoms with Crippen LogP contribution in [0.5, 0.6) is 0 Å². The smallest absolute Gasteiger partial charge is 0.282 e. The summed E-state index contributed by atoms with van der Waals surface area (Å²) in [6.45, 7) is -1.97. The Morgan fingerprint density at radius 3 is 2.60 bits per heavy atom. The predicted octanol–water partition coefficient (Wildman–Crippen LogP) is -0.273. The molecule has 0 fully saturated rings. The lowest BCUT2D eigenvalue weighted by atomic mass is 10.3. The molecular formula is C5H8F2N2O. The van der Waals surface area contributed by atoms with E-state index in [0.29, 0.717) is 0 Å². The molecule has 58 valence electrons. The summed E-state index contributed by atoms with van der Waals surface area (Å²) >= 11 is 0. The van der Waals surface area contributed by atoms with Gasteiger partial charge >= 0.3 is 0 Å². The Morgan fingerprint density at radius 1 is 1.60 bits per heavy atom. The second-order valence-electron chi connectivity index (χ2n) is 1.78. The van der Waals surface area contributed by atoms with Crippen molar-refractivity contribution >= 4 is 0 Å². The first-order chi connectivity index (χ1) is 4.62. The van der Waals surface area contributed by atoms with Crippen LogP contribution >= 0.6 is 0 Å². The van der Waals surface area contributed by atoms with Crippen LogP contribution in [0.15, 0.2) is 0 Å². The van der Waals surface area contributed by atoms with Gasteiger partial charge in [0.25, 0.3) is 5.92 Å². The Morgan fingerprint density at radius 2 is 2.20 bits per heavy atom. The summed E-state index contributed by atoms with van der Waals surface area (Å²) in [5.41, 5.74) is 0. The van der Waals surface area contributed by atoms with E-state index in [1.165, 1.54) is 0 Å². The van der Waals surface area contributed by atoms with Gasteiger partial charge in [0.2, 0.25) is 0 Å². The van der Waals surface area contributed by atoms with Crippen molar-refractivity contribution in [3.05, 3.63) is 0 Å². The van der Waals surface area contributed by atoms with Crippen LogP contribution in [0.25, 0.3) is 0 Å². The quantitative estimate of drug-likeness (QED) is 0.428. The molecule has 0 aliphatic carbocycles. The normalized spacial score (nSPS) is 11.0. The molecule has 0 aromatic heterocycles. The molecule has 0 aliphatic heterocycles. The lowest BCUT2D eigenvalue weighted by Gasteiger charge is -2.11. The molecule has 5 heteroatoms. The average Bonchev–Trinajstić information content (AvgIpc) is 1.89.